The van der Waals surface area contributed by atoms with E-state index in [-0.39, 0.29) is 0 Å². The van der Waals surface area contributed by atoms with Crippen LogP contribution in [0, 0.1) is 0 Å². The molecule has 4 heteroatoms. The van der Waals surface area contributed by atoms with Gasteiger partial charge in [0.2, 0.25) is 0 Å². The molecule has 2 unspecified atom stereocenters. The number of nitrogens with zero attached hydrogens (tertiary/aromatic N) is 3. The minimum absolute atomic E-state index is 0.594. The molecule has 2 heterocycles. The quantitative estimate of drug-likeness (QED) is 0.840. The number of nitrogens with one attached hydrogen (secondary N) is 1. The second kappa shape index (κ2) is 5.65. The van der Waals surface area contributed by atoms with Crippen molar-refractivity contribution >= 4 is 0 Å². The number of hydrogen-bond acceptors (Lipinski definition) is 3. The SMILES string of the molecule is CCNC(C)CC(C)N1CCn2ccnc2C1. The van der Waals surface area contributed by atoms with Crippen molar-refractivity contribution in [2.75, 3.05) is 13.1 Å². The molecule has 1 aliphatic heterocycles. The molecule has 0 aliphatic carbocycles. The van der Waals surface area contributed by atoms with Crippen LogP contribution >= 0.6 is 0 Å². The van der Waals surface area contributed by atoms with Crippen LogP contribution in [0.4, 0.5) is 0 Å². The summed E-state index contributed by atoms with van der Waals surface area (Å²) in [7, 11) is 0. The Bertz CT molecular complexity index is 347. The fraction of sp³-hybridized carbons (Fsp3) is 0.769. The van der Waals surface area contributed by atoms with E-state index in [4.69, 9.17) is 0 Å². The Morgan fingerprint density at radius 3 is 3.00 bits per heavy atom. The highest BCUT2D eigenvalue weighted by molar-refractivity contribution is 4.96. The molecule has 0 aromatic carbocycles. The number of imidazole rings is 1. The summed E-state index contributed by atoms with van der Waals surface area (Å²) in [6, 6.07) is 1.21. The lowest BCUT2D eigenvalue weighted by Crippen LogP contribution is -2.42. The second-order valence-corrected chi connectivity index (χ2v) is 5.05. The molecule has 1 N–H and O–H groups in total. The molecule has 0 spiro atoms. The van der Waals surface area contributed by atoms with Gasteiger partial charge in [-0.05, 0) is 26.8 Å². The third-order valence-corrected chi connectivity index (χ3v) is 3.64. The average Bonchev–Trinajstić information content (AvgIpc) is 2.75. The lowest BCUT2D eigenvalue weighted by atomic mass is 10.1. The molecule has 96 valence electrons. The van der Waals surface area contributed by atoms with Crippen molar-refractivity contribution in [3.05, 3.63) is 18.2 Å². The number of hydrogen-bond donors (Lipinski definition) is 1. The number of rotatable bonds is 5. The Kier molecular flexibility index (Phi) is 4.18. The van der Waals surface area contributed by atoms with Crippen LogP contribution < -0.4 is 5.32 Å². The third-order valence-electron chi connectivity index (χ3n) is 3.64. The molecule has 0 saturated carbocycles. The van der Waals surface area contributed by atoms with Gasteiger partial charge >= 0.3 is 0 Å². The topological polar surface area (TPSA) is 33.1 Å². The molecule has 1 aromatic rings. The summed E-state index contributed by atoms with van der Waals surface area (Å²) >= 11 is 0. The molecule has 2 rings (SSSR count). The van der Waals surface area contributed by atoms with Crippen LogP contribution in [0.3, 0.4) is 0 Å². The van der Waals surface area contributed by atoms with Crippen molar-refractivity contribution < 1.29 is 0 Å². The third kappa shape index (κ3) is 3.07. The zero-order chi connectivity index (χ0) is 12.3. The lowest BCUT2D eigenvalue weighted by molar-refractivity contribution is 0.148. The van der Waals surface area contributed by atoms with Gasteiger partial charge in [-0.3, -0.25) is 4.90 Å². The van der Waals surface area contributed by atoms with Gasteiger partial charge in [0.15, 0.2) is 0 Å². The van der Waals surface area contributed by atoms with Gasteiger partial charge in [0.25, 0.3) is 0 Å². The van der Waals surface area contributed by atoms with Crippen molar-refractivity contribution in [2.24, 2.45) is 0 Å². The van der Waals surface area contributed by atoms with Crippen LogP contribution in [-0.4, -0.2) is 39.6 Å². The van der Waals surface area contributed by atoms with E-state index in [9.17, 15) is 0 Å². The van der Waals surface area contributed by atoms with E-state index in [0.717, 1.165) is 26.2 Å². The van der Waals surface area contributed by atoms with Gasteiger partial charge < -0.3 is 9.88 Å². The van der Waals surface area contributed by atoms with E-state index in [0.29, 0.717) is 12.1 Å². The summed E-state index contributed by atoms with van der Waals surface area (Å²) in [5, 5.41) is 3.48. The van der Waals surface area contributed by atoms with Gasteiger partial charge in [-0.2, -0.15) is 0 Å². The van der Waals surface area contributed by atoms with Crippen LogP contribution in [0.2, 0.25) is 0 Å². The second-order valence-electron chi connectivity index (χ2n) is 5.05. The van der Waals surface area contributed by atoms with Gasteiger partial charge in [-0.15, -0.1) is 0 Å². The van der Waals surface area contributed by atoms with Gasteiger partial charge in [-0.1, -0.05) is 6.92 Å². The van der Waals surface area contributed by atoms with Gasteiger partial charge in [0, 0.05) is 37.6 Å². The Morgan fingerprint density at radius 2 is 2.24 bits per heavy atom. The molecule has 0 fully saturated rings. The van der Waals surface area contributed by atoms with E-state index in [1.54, 1.807) is 0 Å². The van der Waals surface area contributed by atoms with E-state index in [1.807, 2.05) is 6.20 Å². The standard InChI is InChI=1S/C13H24N4/c1-4-14-11(2)9-12(3)17-8-7-16-6-5-15-13(16)10-17/h5-6,11-12,14H,4,7-10H2,1-3H3. The first-order valence-electron chi connectivity index (χ1n) is 6.68. The maximum absolute atomic E-state index is 4.41. The number of aromatic nitrogens is 2. The minimum atomic E-state index is 0.594. The highest BCUT2D eigenvalue weighted by Gasteiger charge is 2.21. The van der Waals surface area contributed by atoms with E-state index in [1.165, 1.54) is 12.2 Å². The molecule has 1 aromatic heterocycles. The maximum atomic E-state index is 4.41. The Morgan fingerprint density at radius 1 is 1.41 bits per heavy atom. The molecule has 1 aliphatic rings. The zero-order valence-corrected chi connectivity index (χ0v) is 11.2. The van der Waals surface area contributed by atoms with Gasteiger partial charge in [-0.25, -0.2) is 4.98 Å². The minimum Gasteiger partial charge on any atom is -0.333 e. The molecule has 0 bridgehead atoms. The van der Waals surface area contributed by atoms with Crippen LogP contribution in [0.1, 0.15) is 33.0 Å². The molecule has 0 radical (unpaired) electrons. The Balaban J connectivity index is 1.87. The first-order chi connectivity index (χ1) is 8.20. The summed E-state index contributed by atoms with van der Waals surface area (Å²) < 4.78 is 2.26. The van der Waals surface area contributed by atoms with Crippen LogP contribution in [0.15, 0.2) is 12.4 Å². The Labute approximate surface area is 104 Å². The van der Waals surface area contributed by atoms with Crippen molar-refractivity contribution in [1.29, 1.82) is 0 Å². The molecular weight excluding hydrogens is 212 g/mol. The molecule has 2 atom stereocenters. The lowest BCUT2D eigenvalue weighted by Gasteiger charge is -2.34. The van der Waals surface area contributed by atoms with Crippen molar-refractivity contribution in [3.63, 3.8) is 0 Å². The highest BCUT2D eigenvalue weighted by atomic mass is 15.2. The summed E-state index contributed by atoms with van der Waals surface area (Å²) in [6.45, 7) is 11.0. The van der Waals surface area contributed by atoms with Gasteiger partial charge in [0.1, 0.15) is 5.82 Å². The zero-order valence-electron chi connectivity index (χ0n) is 11.2. The van der Waals surface area contributed by atoms with Crippen molar-refractivity contribution in [3.8, 4) is 0 Å². The first kappa shape index (κ1) is 12.6. The fourth-order valence-electron chi connectivity index (χ4n) is 2.66. The fourth-order valence-corrected chi connectivity index (χ4v) is 2.66. The Hall–Kier alpha value is -0.870. The molecule has 0 amide bonds. The van der Waals surface area contributed by atoms with Crippen LogP contribution in [0.5, 0.6) is 0 Å². The van der Waals surface area contributed by atoms with Crippen molar-refractivity contribution in [2.45, 2.75) is 52.4 Å². The maximum Gasteiger partial charge on any atom is 0.122 e. The van der Waals surface area contributed by atoms with Crippen LogP contribution in [-0.2, 0) is 13.1 Å². The molecule has 4 nitrogen and oxygen atoms in total. The summed E-state index contributed by atoms with van der Waals surface area (Å²) in [5.41, 5.74) is 0. The monoisotopic (exact) mass is 236 g/mol. The first-order valence-corrected chi connectivity index (χ1v) is 6.68. The average molecular weight is 236 g/mol. The van der Waals surface area contributed by atoms with Crippen molar-refractivity contribution in [1.82, 2.24) is 19.8 Å². The summed E-state index contributed by atoms with van der Waals surface area (Å²) in [5.74, 6) is 1.21. The predicted octanol–water partition coefficient (Wildman–Crippen LogP) is 1.48. The largest absolute Gasteiger partial charge is 0.333 e. The normalized spacial score (nSPS) is 19.9. The smallest absolute Gasteiger partial charge is 0.122 e. The van der Waals surface area contributed by atoms with Gasteiger partial charge in [0.05, 0.1) is 6.54 Å². The number of fused-ring (bicyclic) bond motifs is 1. The van der Waals surface area contributed by atoms with E-state index < -0.39 is 0 Å². The molecule has 17 heavy (non-hydrogen) atoms. The van der Waals surface area contributed by atoms with E-state index in [2.05, 4.69) is 46.7 Å². The molecule has 0 saturated heterocycles. The highest BCUT2D eigenvalue weighted by Crippen LogP contribution is 2.15. The predicted molar refractivity (Wildman–Crippen MR) is 69.9 cm³/mol. The summed E-state index contributed by atoms with van der Waals surface area (Å²) in [6.07, 6.45) is 5.19. The van der Waals surface area contributed by atoms with Crippen LogP contribution in [0.25, 0.3) is 0 Å². The molecular formula is C13H24N4. The summed E-state index contributed by atoms with van der Waals surface area (Å²) in [4.78, 5) is 6.95. The van der Waals surface area contributed by atoms with E-state index >= 15 is 0 Å².